The Hall–Kier alpha value is -0.570. The molecule has 58 valence electrons. The lowest BCUT2D eigenvalue weighted by molar-refractivity contribution is -0.143. The number of rotatable bonds is 2. The Kier molecular flexibility index (Phi) is 2.68. The van der Waals surface area contributed by atoms with Crippen LogP contribution in [0.1, 0.15) is 19.3 Å². The molecule has 3 nitrogen and oxygen atoms in total. The molecule has 0 aromatic heterocycles. The molecule has 0 spiro atoms. The Bertz CT molecular complexity index is 116. The van der Waals surface area contributed by atoms with Crippen molar-refractivity contribution in [3.05, 3.63) is 0 Å². The molecule has 0 amide bonds. The van der Waals surface area contributed by atoms with Crippen molar-refractivity contribution < 1.29 is 14.3 Å². The van der Waals surface area contributed by atoms with Gasteiger partial charge in [0.1, 0.15) is 0 Å². The van der Waals surface area contributed by atoms with Crippen LogP contribution < -0.4 is 0 Å². The summed E-state index contributed by atoms with van der Waals surface area (Å²) in [5.41, 5.74) is 0. The second-order valence-electron chi connectivity index (χ2n) is 2.42. The van der Waals surface area contributed by atoms with Crippen molar-refractivity contribution >= 4 is 5.97 Å². The van der Waals surface area contributed by atoms with Crippen LogP contribution in [-0.4, -0.2) is 25.8 Å². The first-order valence-electron chi connectivity index (χ1n) is 3.51. The van der Waals surface area contributed by atoms with Gasteiger partial charge < -0.3 is 9.47 Å². The van der Waals surface area contributed by atoms with Gasteiger partial charge in [-0.1, -0.05) is 0 Å². The van der Waals surface area contributed by atoms with Gasteiger partial charge in [-0.3, -0.25) is 4.79 Å². The van der Waals surface area contributed by atoms with Gasteiger partial charge in [0.2, 0.25) is 0 Å². The first kappa shape index (κ1) is 7.54. The molecule has 1 atom stereocenters. The fourth-order valence-corrected chi connectivity index (χ4v) is 1.07. The van der Waals surface area contributed by atoms with Crippen molar-refractivity contribution in [1.82, 2.24) is 0 Å². The van der Waals surface area contributed by atoms with Gasteiger partial charge in [0, 0.05) is 6.61 Å². The van der Waals surface area contributed by atoms with E-state index in [1.54, 1.807) is 0 Å². The van der Waals surface area contributed by atoms with E-state index < -0.39 is 0 Å². The minimum Gasteiger partial charge on any atom is -0.469 e. The second-order valence-corrected chi connectivity index (χ2v) is 2.42. The molecule has 1 unspecified atom stereocenters. The maximum atomic E-state index is 10.7. The summed E-state index contributed by atoms with van der Waals surface area (Å²) in [4.78, 5) is 10.7. The monoisotopic (exact) mass is 144 g/mol. The summed E-state index contributed by atoms with van der Waals surface area (Å²) < 4.78 is 9.72. The molecule has 0 saturated carbocycles. The van der Waals surface area contributed by atoms with E-state index in [0.717, 1.165) is 19.4 Å². The summed E-state index contributed by atoms with van der Waals surface area (Å²) in [7, 11) is 1.40. The molecule has 1 fully saturated rings. The van der Waals surface area contributed by atoms with Crippen molar-refractivity contribution in [2.24, 2.45) is 0 Å². The first-order chi connectivity index (χ1) is 4.83. The standard InChI is InChI=1S/C7H12O3/c1-9-7(8)5-6-3-2-4-10-6/h6H,2-5H2,1H3. The summed E-state index contributed by atoms with van der Waals surface area (Å²) in [5.74, 6) is -0.174. The minimum absolute atomic E-state index is 0.118. The zero-order chi connectivity index (χ0) is 7.40. The van der Waals surface area contributed by atoms with Gasteiger partial charge in [0.05, 0.1) is 19.6 Å². The van der Waals surface area contributed by atoms with Crippen molar-refractivity contribution in [3.8, 4) is 0 Å². The van der Waals surface area contributed by atoms with E-state index >= 15 is 0 Å². The number of methoxy groups -OCH3 is 1. The number of hydrogen-bond acceptors (Lipinski definition) is 3. The molecule has 0 aliphatic carbocycles. The molecular formula is C7H12O3. The van der Waals surface area contributed by atoms with Gasteiger partial charge in [0.25, 0.3) is 0 Å². The summed E-state index contributed by atoms with van der Waals surface area (Å²) in [6, 6.07) is 0. The van der Waals surface area contributed by atoms with E-state index in [0.29, 0.717) is 6.42 Å². The van der Waals surface area contributed by atoms with Crippen molar-refractivity contribution in [3.63, 3.8) is 0 Å². The smallest absolute Gasteiger partial charge is 0.308 e. The highest BCUT2D eigenvalue weighted by Gasteiger charge is 2.18. The van der Waals surface area contributed by atoms with Gasteiger partial charge in [-0.25, -0.2) is 0 Å². The largest absolute Gasteiger partial charge is 0.469 e. The summed E-state index contributed by atoms with van der Waals surface area (Å²) in [6.07, 6.45) is 2.60. The third-order valence-electron chi connectivity index (χ3n) is 1.65. The van der Waals surface area contributed by atoms with Gasteiger partial charge in [-0.15, -0.1) is 0 Å². The molecule has 3 heteroatoms. The molecule has 0 aromatic carbocycles. The molecule has 0 bridgehead atoms. The zero-order valence-corrected chi connectivity index (χ0v) is 6.13. The van der Waals surface area contributed by atoms with Crippen LogP contribution in [0.3, 0.4) is 0 Å². The Morgan fingerprint density at radius 2 is 2.60 bits per heavy atom. The summed E-state index contributed by atoms with van der Waals surface area (Å²) in [5, 5.41) is 0. The van der Waals surface area contributed by atoms with Gasteiger partial charge in [-0.05, 0) is 12.8 Å². The summed E-state index contributed by atoms with van der Waals surface area (Å²) >= 11 is 0. The number of esters is 1. The molecule has 0 N–H and O–H groups in total. The summed E-state index contributed by atoms with van der Waals surface area (Å²) in [6.45, 7) is 0.793. The zero-order valence-electron chi connectivity index (χ0n) is 6.13. The minimum atomic E-state index is -0.174. The van der Waals surface area contributed by atoms with Gasteiger partial charge >= 0.3 is 5.97 Å². The normalized spacial score (nSPS) is 24.7. The number of carbonyl (C=O) groups is 1. The van der Waals surface area contributed by atoms with Crippen LogP contribution >= 0.6 is 0 Å². The van der Waals surface area contributed by atoms with Crippen molar-refractivity contribution in [2.45, 2.75) is 25.4 Å². The number of carbonyl (C=O) groups excluding carboxylic acids is 1. The van der Waals surface area contributed by atoms with Gasteiger partial charge in [-0.2, -0.15) is 0 Å². The molecule has 10 heavy (non-hydrogen) atoms. The predicted molar refractivity (Wildman–Crippen MR) is 35.6 cm³/mol. The van der Waals surface area contributed by atoms with Crippen LogP contribution in [-0.2, 0) is 14.3 Å². The topological polar surface area (TPSA) is 35.5 Å². The molecule has 1 aliphatic heterocycles. The average molecular weight is 144 g/mol. The highest BCUT2D eigenvalue weighted by Crippen LogP contribution is 2.15. The third kappa shape index (κ3) is 1.99. The van der Waals surface area contributed by atoms with E-state index in [1.165, 1.54) is 7.11 Å². The predicted octanol–water partition coefficient (Wildman–Crippen LogP) is 0.728. The molecular weight excluding hydrogens is 132 g/mol. The lowest BCUT2D eigenvalue weighted by atomic mass is 10.2. The molecule has 0 aromatic rings. The van der Waals surface area contributed by atoms with Crippen LogP contribution in [0.2, 0.25) is 0 Å². The van der Waals surface area contributed by atoms with Crippen LogP contribution in [0.15, 0.2) is 0 Å². The van der Waals surface area contributed by atoms with Gasteiger partial charge in [0.15, 0.2) is 0 Å². The Morgan fingerprint density at radius 1 is 1.80 bits per heavy atom. The average Bonchev–Trinajstić information content (AvgIpc) is 2.40. The van der Waals surface area contributed by atoms with E-state index in [2.05, 4.69) is 4.74 Å². The van der Waals surface area contributed by atoms with E-state index in [1.807, 2.05) is 0 Å². The second kappa shape index (κ2) is 3.56. The molecule has 0 radical (unpaired) electrons. The first-order valence-corrected chi connectivity index (χ1v) is 3.51. The van der Waals surface area contributed by atoms with Crippen LogP contribution in [0.4, 0.5) is 0 Å². The fraction of sp³-hybridized carbons (Fsp3) is 0.857. The highest BCUT2D eigenvalue weighted by molar-refractivity contribution is 5.69. The van der Waals surface area contributed by atoms with E-state index in [9.17, 15) is 4.79 Å². The Morgan fingerprint density at radius 3 is 3.10 bits per heavy atom. The molecule has 1 saturated heterocycles. The maximum Gasteiger partial charge on any atom is 0.308 e. The number of ether oxygens (including phenoxy) is 2. The SMILES string of the molecule is COC(=O)CC1CCCO1. The lowest BCUT2D eigenvalue weighted by Gasteiger charge is -2.05. The van der Waals surface area contributed by atoms with Crippen LogP contribution in [0.25, 0.3) is 0 Å². The molecule has 1 aliphatic rings. The van der Waals surface area contributed by atoms with E-state index in [-0.39, 0.29) is 12.1 Å². The lowest BCUT2D eigenvalue weighted by Crippen LogP contribution is -2.13. The quantitative estimate of drug-likeness (QED) is 0.536. The Balaban J connectivity index is 2.17. The Labute approximate surface area is 60.3 Å². The third-order valence-corrected chi connectivity index (χ3v) is 1.65. The van der Waals surface area contributed by atoms with Crippen molar-refractivity contribution in [1.29, 1.82) is 0 Å². The van der Waals surface area contributed by atoms with Crippen molar-refractivity contribution in [2.75, 3.05) is 13.7 Å². The van der Waals surface area contributed by atoms with Crippen LogP contribution in [0.5, 0.6) is 0 Å². The highest BCUT2D eigenvalue weighted by atomic mass is 16.5. The maximum absolute atomic E-state index is 10.7. The molecule has 1 rings (SSSR count). The van der Waals surface area contributed by atoms with E-state index in [4.69, 9.17) is 4.74 Å². The fourth-order valence-electron chi connectivity index (χ4n) is 1.07. The molecule has 1 heterocycles. The number of hydrogen-bond donors (Lipinski definition) is 0. The van der Waals surface area contributed by atoms with Crippen LogP contribution in [0, 0.1) is 0 Å².